The molecule has 1 N–H and O–H groups in total. The maximum atomic E-state index is 14.0. The summed E-state index contributed by atoms with van der Waals surface area (Å²) in [7, 11) is 0. The number of carbonyl (C=O) groups excluding carboxylic acids is 4. The van der Waals surface area contributed by atoms with Crippen molar-refractivity contribution in [3.63, 3.8) is 0 Å². The van der Waals surface area contributed by atoms with E-state index in [1.807, 2.05) is 13.0 Å². The van der Waals surface area contributed by atoms with Gasteiger partial charge in [-0.15, -0.1) is 0 Å². The Bertz CT molecular complexity index is 1250. The molecule has 7 heteroatoms. The number of ether oxygens (including phenoxy) is 2. The minimum Gasteiger partial charge on any atom is -0.454 e. The Morgan fingerprint density at radius 3 is 2.54 bits per heavy atom. The van der Waals surface area contributed by atoms with Gasteiger partial charge in [-0.05, 0) is 67.7 Å². The van der Waals surface area contributed by atoms with Crippen LogP contribution in [0.3, 0.4) is 0 Å². The molecular weight excluding hydrogens is 496 g/mol. The normalized spacial score (nSPS) is 38.6. The number of benzene rings is 1. The van der Waals surface area contributed by atoms with E-state index in [2.05, 4.69) is 13.8 Å². The van der Waals surface area contributed by atoms with Crippen LogP contribution in [-0.4, -0.2) is 46.9 Å². The van der Waals surface area contributed by atoms with Gasteiger partial charge in [-0.1, -0.05) is 57.5 Å². The van der Waals surface area contributed by atoms with E-state index < -0.39 is 46.9 Å². The molecule has 4 aliphatic carbocycles. The number of fused-ring (bicyclic) bond motifs is 5. The van der Waals surface area contributed by atoms with Crippen molar-refractivity contribution in [3.05, 3.63) is 59.7 Å². The molecule has 0 spiro atoms. The third-order valence-corrected chi connectivity index (χ3v) is 10.3. The Labute approximate surface area is 229 Å². The molecule has 4 aliphatic rings. The predicted octanol–water partition coefficient (Wildman–Crippen LogP) is 4.63. The summed E-state index contributed by atoms with van der Waals surface area (Å²) in [6.07, 6.45) is 6.65. The summed E-state index contributed by atoms with van der Waals surface area (Å²) in [5, 5.41) is 11.8. The SMILES string of the molecule is CCC(=O)O[C@]1(C(=O)COC(=O)c2ccccc2)CC[C@H]2[C@@H]3CC(C)C4=CC(=O)C=C[C@]4(C)[C@H]3C(O)C[C@@]21C. The van der Waals surface area contributed by atoms with Crippen LogP contribution in [0.4, 0.5) is 0 Å². The highest BCUT2D eigenvalue weighted by Crippen LogP contribution is 2.68. The maximum Gasteiger partial charge on any atom is 0.338 e. The van der Waals surface area contributed by atoms with Crippen LogP contribution >= 0.6 is 0 Å². The molecule has 8 atom stereocenters. The quantitative estimate of drug-likeness (QED) is 0.531. The Morgan fingerprint density at radius 1 is 1.13 bits per heavy atom. The zero-order valence-electron chi connectivity index (χ0n) is 23.1. The fourth-order valence-corrected chi connectivity index (χ4v) is 8.59. The lowest BCUT2D eigenvalue weighted by Crippen LogP contribution is -2.63. The first-order valence-corrected chi connectivity index (χ1v) is 14.1. The molecular formula is C32H38O7. The number of allylic oxidation sites excluding steroid dienone is 4. The molecule has 208 valence electrons. The van der Waals surface area contributed by atoms with Gasteiger partial charge in [0.1, 0.15) is 0 Å². The second-order valence-corrected chi connectivity index (χ2v) is 12.3. The van der Waals surface area contributed by atoms with E-state index in [1.165, 1.54) is 0 Å². The number of Topliss-reactive ketones (excluding diaryl/α,β-unsaturated/α-hetero) is 1. The van der Waals surface area contributed by atoms with Crippen molar-refractivity contribution in [2.24, 2.45) is 34.5 Å². The maximum absolute atomic E-state index is 14.0. The molecule has 0 heterocycles. The highest BCUT2D eigenvalue weighted by Gasteiger charge is 2.70. The number of ketones is 2. The first-order valence-electron chi connectivity index (χ1n) is 14.1. The summed E-state index contributed by atoms with van der Waals surface area (Å²) in [6, 6.07) is 8.45. The molecule has 3 saturated carbocycles. The van der Waals surface area contributed by atoms with Crippen molar-refractivity contribution < 1.29 is 33.8 Å². The molecule has 1 aromatic carbocycles. The van der Waals surface area contributed by atoms with Crippen molar-refractivity contribution in [2.75, 3.05) is 6.61 Å². The van der Waals surface area contributed by atoms with E-state index in [0.29, 0.717) is 18.4 Å². The first kappa shape index (κ1) is 27.5. The molecule has 0 saturated heterocycles. The van der Waals surface area contributed by atoms with Gasteiger partial charge < -0.3 is 14.6 Å². The second-order valence-electron chi connectivity index (χ2n) is 12.3. The molecule has 0 aromatic heterocycles. The Hall–Kier alpha value is -3.06. The van der Waals surface area contributed by atoms with E-state index in [-0.39, 0.29) is 42.3 Å². The van der Waals surface area contributed by atoms with E-state index in [0.717, 1.165) is 12.0 Å². The van der Waals surface area contributed by atoms with Gasteiger partial charge in [0.05, 0.1) is 11.7 Å². The molecule has 2 unspecified atom stereocenters. The summed E-state index contributed by atoms with van der Waals surface area (Å²) in [5.74, 6) is -1.48. The number of hydrogen-bond donors (Lipinski definition) is 1. The standard InChI is InChI=1S/C32H38O7/c1-5-27(36)39-32(26(35)18-38-29(37)20-9-7-6-8-10-20)14-12-23-22-15-19(2)24-16-21(33)11-13-30(24,3)28(22)25(34)17-31(23,32)4/h6-11,13,16,19,22-23,25,28,34H,5,12,14-15,17-18H2,1-4H3/t19?,22-,23-,25?,28+,30-,31-,32-/m0/s1. The topological polar surface area (TPSA) is 107 Å². The van der Waals surface area contributed by atoms with Crippen LogP contribution in [0.25, 0.3) is 0 Å². The van der Waals surface area contributed by atoms with Gasteiger partial charge in [0.25, 0.3) is 0 Å². The molecule has 0 radical (unpaired) electrons. The van der Waals surface area contributed by atoms with E-state index in [9.17, 15) is 24.3 Å². The van der Waals surface area contributed by atoms with Crippen molar-refractivity contribution in [2.45, 2.75) is 71.5 Å². The number of aliphatic hydroxyl groups is 1. The number of rotatable bonds is 6. The molecule has 1 aromatic rings. The third kappa shape index (κ3) is 4.21. The summed E-state index contributed by atoms with van der Waals surface area (Å²) in [4.78, 5) is 51.6. The van der Waals surface area contributed by atoms with Gasteiger partial charge in [0, 0.05) is 23.2 Å². The van der Waals surface area contributed by atoms with Crippen LogP contribution in [0.15, 0.2) is 54.1 Å². The van der Waals surface area contributed by atoms with Gasteiger partial charge in [-0.2, -0.15) is 0 Å². The average Bonchev–Trinajstić information content (AvgIpc) is 3.20. The van der Waals surface area contributed by atoms with Crippen LogP contribution in [0.5, 0.6) is 0 Å². The van der Waals surface area contributed by atoms with Crippen LogP contribution in [-0.2, 0) is 23.9 Å². The lowest BCUT2D eigenvalue weighted by atomic mass is 9.44. The zero-order chi connectivity index (χ0) is 28.2. The molecule has 39 heavy (non-hydrogen) atoms. The van der Waals surface area contributed by atoms with E-state index in [1.54, 1.807) is 49.4 Å². The lowest BCUT2D eigenvalue weighted by molar-refractivity contribution is -0.201. The monoisotopic (exact) mass is 534 g/mol. The van der Waals surface area contributed by atoms with Crippen molar-refractivity contribution in [3.8, 4) is 0 Å². The van der Waals surface area contributed by atoms with Crippen LogP contribution in [0.1, 0.15) is 70.2 Å². The number of hydrogen-bond acceptors (Lipinski definition) is 7. The minimum absolute atomic E-state index is 0.0104. The summed E-state index contributed by atoms with van der Waals surface area (Å²) in [6.45, 7) is 7.36. The fraction of sp³-hybridized carbons (Fsp3) is 0.562. The molecule has 0 bridgehead atoms. The van der Waals surface area contributed by atoms with Crippen molar-refractivity contribution >= 4 is 23.5 Å². The molecule has 5 rings (SSSR count). The minimum atomic E-state index is -1.49. The second kappa shape index (κ2) is 9.84. The van der Waals surface area contributed by atoms with Crippen LogP contribution in [0, 0.1) is 34.5 Å². The van der Waals surface area contributed by atoms with Gasteiger partial charge in [-0.3, -0.25) is 14.4 Å². The number of esters is 2. The van der Waals surface area contributed by atoms with Crippen molar-refractivity contribution in [1.82, 2.24) is 0 Å². The van der Waals surface area contributed by atoms with Crippen LogP contribution < -0.4 is 0 Å². The average molecular weight is 535 g/mol. The van der Waals surface area contributed by atoms with Gasteiger partial charge in [-0.25, -0.2) is 4.79 Å². The first-order chi connectivity index (χ1) is 18.5. The number of carbonyl (C=O) groups is 4. The summed E-state index contributed by atoms with van der Waals surface area (Å²) >= 11 is 0. The molecule has 0 amide bonds. The molecule has 7 nitrogen and oxygen atoms in total. The molecule has 0 aliphatic heterocycles. The van der Waals surface area contributed by atoms with Gasteiger partial charge in [0.15, 0.2) is 18.0 Å². The van der Waals surface area contributed by atoms with E-state index >= 15 is 0 Å². The van der Waals surface area contributed by atoms with Gasteiger partial charge in [0.2, 0.25) is 5.78 Å². The fourth-order valence-electron chi connectivity index (χ4n) is 8.59. The molecule has 3 fully saturated rings. The zero-order valence-corrected chi connectivity index (χ0v) is 23.1. The summed E-state index contributed by atoms with van der Waals surface area (Å²) in [5.41, 5.74) is -1.39. The third-order valence-electron chi connectivity index (χ3n) is 10.3. The Balaban J connectivity index is 1.48. The van der Waals surface area contributed by atoms with Crippen LogP contribution in [0.2, 0.25) is 0 Å². The number of aliphatic hydroxyl groups excluding tert-OH is 1. The lowest BCUT2D eigenvalue weighted by Gasteiger charge is -2.61. The van der Waals surface area contributed by atoms with E-state index in [4.69, 9.17) is 9.47 Å². The van der Waals surface area contributed by atoms with Crippen molar-refractivity contribution in [1.29, 1.82) is 0 Å². The Morgan fingerprint density at radius 2 is 1.85 bits per heavy atom. The van der Waals surface area contributed by atoms with Gasteiger partial charge >= 0.3 is 11.9 Å². The highest BCUT2D eigenvalue weighted by atomic mass is 16.6. The highest BCUT2D eigenvalue weighted by molar-refractivity contribution is 6.01. The smallest absolute Gasteiger partial charge is 0.338 e. The predicted molar refractivity (Wildman–Crippen MR) is 143 cm³/mol. The largest absolute Gasteiger partial charge is 0.454 e. The Kier molecular flexibility index (Phi) is 6.94. The summed E-state index contributed by atoms with van der Waals surface area (Å²) < 4.78 is 11.5.